The van der Waals surface area contributed by atoms with Gasteiger partial charge in [-0.1, -0.05) is 26.7 Å². The second kappa shape index (κ2) is 7.25. The van der Waals surface area contributed by atoms with Gasteiger partial charge in [-0.3, -0.25) is 4.79 Å². The highest BCUT2D eigenvalue weighted by Gasteiger charge is 2.36. The third-order valence-corrected chi connectivity index (χ3v) is 4.30. The van der Waals surface area contributed by atoms with E-state index >= 15 is 0 Å². The normalized spacial score (nSPS) is 27.1. The van der Waals surface area contributed by atoms with E-state index < -0.39 is 5.54 Å². The van der Waals surface area contributed by atoms with Crippen LogP contribution in [0.25, 0.3) is 0 Å². The summed E-state index contributed by atoms with van der Waals surface area (Å²) in [6, 6.07) is 0.589. The van der Waals surface area contributed by atoms with Gasteiger partial charge in [0.15, 0.2) is 0 Å². The Bertz CT molecular complexity index is 296. The minimum Gasteiger partial charge on any atom is -0.468 e. The summed E-state index contributed by atoms with van der Waals surface area (Å²) in [7, 11) is 3.59. The maximum absolute atomic E-state index is 12.0. The van der Waals surface area contributed by atoms with Crippen molar-refractivity contribution < 1.29 is 9.53 Å². The van der Waals surface area contributed by atoms with E-state index in [1.54, 1.807) is 0 Å². The lowest BCUT2D eigenvalue weighted by molar-refractivity contribution is -0.149. The van der Waals surface area contributed by atoms with E-state index in [-0.39, 0.29) is 5.97 Å². The zero-order valence-electron chi connectivity index (χ0n) is 13.2. The smallest absolute Gasteiger partial charge is 0.327 e. The van der Waals surface area contributed by atoms with Crippen LogP contribution in [0.5, 0.6) is 0 Å². The SMILES string of the molecule is CCNC(C)(CN(C)C1CCCC(C)C1)C(=O)OC. The number of hydrogen-bond donors (Lipinski definition) is 1. The molecule has 0 aromatic carbocycles. The topological polar surface area (TPSA) is 41.6 Å². The van der Waals surface area contributed by atoms with Gasteiger partial charge in [-0.15, -0.1) is 0 Å². The van der Waals surface area contributed by atoms with Gasteiger partial charge in [0, 0.05) is 12.6 Å². The van der Waals surface area contributed by atoms with Gasteiger partial charge < -0.3 is 15.0 Å². The van der Waals surface area contributed by atoms with Crippen molar-refractivity contribution in [2.24, 2.45) is 5.92 Å². The van der Waals surface area contributed by atoms with Crippen molar-refractivity contribution in [3.05, 3.63) is 0 Å². The summed E-state index contributed by atoms with van der Waals surface area (Å²) in [6.07, 6.45) is 5.11. The van der Waals surface area contributed by atoms with Crippen molar-refractivity contribution in [3.8, 4) is 0 Å². The first kappa shape index (κ1) is 16.4. The second-order valence-corrected chi connectivity index (χ2v) is 6.19. The van der Waals surface area contributed by atoms with E-state index in [4.69, 9.17) is 4.74 Å². The number of nitrogens with zero attached hydrogens (tertiary/aromatic N) is 1. The first-order chi connectivity index (χ1) is 8.92. The molecular weight excluding hydrogens is 240 g/mol. The van der Waals surface area contributed by atoms with Crippen LogP contribution in [0.3, 0.4) is 0 Å². The quantitative estimate of drug-likeness (QED) is 0.750. The lowest BCUT2D eigenvalue weighted by Crippen LogP contribution is -2.58. The third kappa shape index (κ3) is 4.46. The zero-order valence-corrected chi connectivity index (χ0v) is 13.2. The fourth-order valence-electron chi connectivity index (χ4n) is 3.24. The number of rotatable bonds is 6. The van der Waals surface area contributed by atoms with Crippen molar-refractivity contribution in [2.75, 3.05) is 27.2 Å². The summed E-state index contributed by atoms with van der Waals surface area (Å²) >= 11 is 0. The molecular formula is C15H30N2O2. The fraction of sp³-hybridized carbons (Fsp3) is 0.933. The van der Waals surface area contributed by atoms with Gasteiger partial charge >= 0.3 is 5.97 Å². The molecule has 0 aromatic heterocycles. The summed E-state index contributed by atoms with van der Waals surface area (Å²) in [4.78, 5) is 14.3. The predicted octanol–water partition coefficient (Wildman–Crippen LogP) is 2.04. The van der Waals surface area contributed by atoms with Crippen LogP contribution in [0, 0.1) is 5.92 Å². The maximum Gasteiger partial charge on any atom is 0.327 e. The maximum atomic E-state index is 12.0. The van der Waals surface area contributed by atoms with Crippen LogP contribution in [0.2, 0.25) is 0 Å². The van der Waals surface area contributed by atoms with Gasteiger partial charge in [0.05, 0.1) is 7.11 Å². The molecule has 112 valence electrons. The fourth-order valence-corrected chi connectivity index (χ4v) is 3.24. The number of nitrogens with one attached hydrogen (secondary N) is 1. The van der Waals surface area contributed by atoms with Gasteiger partial charge in [0.25, 0.3) is 0 Å². The van der Waals surface area contributed by atoms with E-state index in [0.29, 0.717) is 12.6 Å². The van der Waals surface area contributed by atoms with E-state index in [2.05, 4.69) is 24.2 Å². The summed E-state index contributed by atoms with van der Waals surface area (Å²) in [6.45, 7) is 7.74. The van der Waals surface area contributed by atoms with Crippen molar-refractivity contribution in [3.63, 3.8) is 0 Å². The lowest BCUT2D eigenvalue weighted by atomic mass is 9.85. The highest BCUT2D eigenvalue weighted by atomic mass is 16.5. The lowest BCUT2D eigenvalue weighted by Gasteiger charge is -2.39. The highest BCUT2D eigenvalue weighted by Crippen LogP contribution is 2.27. The van der Waals surface area contributed by atoms with E-state index in [0.717, 1.165) is 12.5 Å². The van der Waals surface area contributed by atoms with Crippen LogP contribution >= 0.6 is 0 Å². The number of carbonyl (C=O) groups is 1. The Balaban J connectivity index is 2.64. The van der Waals surface area contributed by atoms with Crippen molar-refractivity contribution in [1.29, 1.82) is 0 Å². The Morgan fingerprint density at radius 1 is 1.47 bits per heavy atom. The molecule has 1 aliphatic carbocycles. The van der Waals surface area contributed by atoms with Gasteiger partial charge in [0.2, 0.25) is 0 Å². The summed E-state index contributed by atoms with van der Waals surface area (Å²) < 4.78 is 4.95. The molecule has 1 saturated carbocycles. The van der Waals surface area contributed by atoms with Crippen LogP contribution in [-0.4, -0.2) is 49.7 Å². The summed E-state index contributed by atoms with van der Waals surface area (Å²) in [5.74, 6) is 0.620. The molecule has 0 bridgehead atoms. The molecule has 0 radical (unpaired) electrons. The molecule has 0 saturated heterocycles. The number of hydrogen-bond acceptors (Lipinski definition) is 4. The summed E-state index contributed by atoms with van der Waals surface area (Å²) in [5.41, 5.74) is -0.612. The molecule has 0 spiro atoms. The Morgan fingerprint density at radius 3 is 2.68 bits per heavy atom. The van der Waals surface area contributed by atoms with E-state index in [1.807, 2.05) is 13.8 Å². The van der Waals surface area contributed by atoms with Crippen LogP contribution in [0.15, 0.2) is 0 Å². The first-order valence-electron chi connectivity index (χ1n) is 7.46. The van der Waals surface area contributed by atoms with Crippen molar-refractivity contribution in [2.45, 2.75) is 58.0 Å². The van der Waals surface area contributed by atoms with E-state index in [9.17, 15) is 4.79 Å². The number of ether oxygens (including phenoxy) is 1. The molecule has 0 heterocycles. The molecule has 1 aliphatic rings. The number of carbonyl (C=O) groups excluding carboxylic acids is 1. The van der Waals surface area contributed by atoms with Crippen LogP contribution < -0.4 is 5.32 Å². The monoisotopic (exact) mass is 270 g/mol. The van der Waals surface area contributed by atoms with Gasteiger partial charge in [-0.05, 0) is 39.3 Å². The molecule has 4 nitrogen and oxygen atoms in total. The molecule has 3 unspecified atom stereocenters. The molecule has 4 heteroatoms. The molecule has 0 amide bonds. The average molecular weight is 270 g/mol. The Morgan fingerprint density at radius 2 is 2.16 bits per heavy atom. The standard InChI is InChI=1S/C15H30N2O2/c1-6-16-15(3,14(18)19-5)11-17(4)13-9-7-8-12(2)10-13/h12-13,16H,6-11H2,1-5H3. The number of methoxy groups -OCH3 is 1. The summed E-state index contributed by atoms with van der Waals surface area (Å²) in [5, 5.41) is 3.27. The van der Waals surface area contributed by atoms with Crippen LogP contribution in [-0.2, 0) is 9.53 Å². The van der Waals surface area contributed by atoms with Gasteiger partial charge in [0.1, 0.15) is 5.54 Å². The molecule has 0 aromatic rings. The average Bonchev–Trinajstić information content (AvgIpc) is 2.37. The second-order valence-electron chi connectivity index (χ2n) is 6.19. The van der Waals surface area contributed by atoms with Gasteiger partial charge in [-0.25, -0.2) is 0 Å². The molecule has 1 rings (SSSR count). The largest absolute Gasteiger partial charge is 0.468 e. The Kier molecular flexibility index (Phi) is 6.27. The van der Waals surface area contributed by atoms with Crippen LogP contribution in [0.1, 0.15) is 46.5 Å². The Hall–Kier alpha value is -0.610. The molecule has 19 heavy (non-hydrogen) atoms. The minimum atomic E-state index is -0.612. The van der Waals surface area contributed by atoms with Crippen molar-refractivity contribution >= 4 is 5.97 Å². The first-order valence-corrected chi connectivity index (χ1v) is 7.46. The third-order valence-electron chi connectivity index (χ3n) is 4.30. The zero-order chi connectivity index (χ0) is 14.5. The van der Waals surface area contributed by atoms with Crippen molar-refractivity contribution in [1.82, 2.24) is 10.2 Å². The number of esters is 1. The molecule has 0 aliphatic heterocycles. The number of likely N-dealkylation sites (N-methyl/N-ethyl adjacent to an activating group) is 2. The molecule has 3 atom stereocenters. The van der Waals surface area contributed by atoms with Crippen LogP contribution in [0.4, 0.5) is 0 Å². The van der Waals surface area contributed by atoms with E-state index in [1.165, 1.54) is 32.8 Å². The molecule has 1 fully saturated rings. The molecule has 1 N–H and O–H groups in total. The minimum absolute atomic E-state index is 0.176. The van der Waals surface area contributed by atoms with Gasteiger partial charge in [-0.2, -0.15) is 0 Å². The highest BCUT2D eigenvalue weighted by molar-refractivity contribution is 5.80. The Labute approximate surface area is 117 Å². The predicted molar refractivity (Wildman–Crippen MR) is 78.1 cm³/mol.